The van der Waals surface area contributed by atoms with Crippen molar-refractivity contribution >= 4 is 46.2 Å². The smallest absolute Gasteiger partial charge is 0.269 e. The van der Waals surface area contributed by atoms with Gasteiger partial charge in [0.2, 0.25) is 5.78 Å². The Balaban J connectivity index is 1.84. The third-order valence-electron chi connectivity index (χ3n) is 5.20. The lowest BCUT2D eigenvalue weighted by Crippen LogP contribution is -2.27. The van der Waals surface area contributed by atoms with Crippen molar-refractivity contribution in [3.05, 3.63) is 112 Å². The number of ketones is 1. The van der Waals surface area contributed by atoms with Crippen molar-refractivity contribution in [2.75, 3.05) is 11.2 Å². The normalized spacial score (nSPS) is 18.0. The van der Waals surface area contributed by atoms with Gasteiger partial charge in [0.25, 0.3) is 5.69 Å². The molecule has 3 aromatic carbocycles. The molecule has 1 unspecified atom stereocenters. The van der Waals surface area contributed by atoms with Crippen LogP contribution in [0.2, 0.25) is 0 Å². The van der Waals surface area contributed by atoms with Gasteiger partial charge in [0, 0.05) is 29.3 Å². The van der Waals surface area contributed by atoms with Crippen LogP contribution in [0.1, 0.15) is 22.8 Å². The zero-order valence-corrected chi connectivity index (χ0v) is 19.0. The molecule has 0 amide bonds. The first-order valence-electron chi connectivity index (χ1n) is 10.0. The highest BCUT2D eigenvalue weighted by Gasteiger charge is 2.34. The van der Waals surface area contributed by atoms with Gasteiger partial charge >= 0.3 is 0 Å². The molecule has 0 aliphatic carbocycles. The Hall–Kier alpha value is -3.41. The number of carbonyl (C=O) groups is 1. The summed E-state index contributed by atoms with van der Waals surface area (Å²) >= 11 is 6.05. The quantitative estimate of drug-likeness (QED) is 0.192. The molecule has 0 saturated carbocycles. The molecular formula is C24H20N3O3PS. The lowest BCUT2D eigenvalue weighted by molar-refractivity contribution is -0.384. The molecule has 0 bridgehead atoms. The summed E-state index contributed by atoms with van der Waals surface area (Å²) in [7, 11) is 0. The molecule has 0 aromatic heterocycles. The van der Waals surface area contributed by atoms with Crippen LogP contribution in [0, 0.1) is 10.1 Å². The van der Waals surface area contributed by atoms with E-state index in [1.54, 1.807) is 5.01 Å². The number of hydrogen-bond acceptors (Lipinski definition) is 6. The summed E-state index contributed by atoms with van der Waals surface area (Å²) in [6.07, 6.45) is 0.596. The minimum Gasteiger partial charge on any atom is -0.287 e. The van der Waals surface area contributed by atoms with Gasteiger partial charge in [0.05, 0.1) is 16.3 Å². The molecule has 1 aliphatic heterocycles. The number of benzene rings is 3. The highest BCUT2D eigenvalue weighted by atomic mass is 32.4. The van der Waals surface area contributed by atoms with Crippen LogP contribution in [0.25, 0.3) is 5.70 Å². The molecule has 6 nitrogen and oxygen atoms in total. The third kappa shape index (κ3) is 4.17. The fourth-order valence-electron chi connectivity index (χ4n) is 3.43. The number of hydrogen-bond donors (Lipinski definition) is 0. The van der Waals surface area contributed by atoms with Gasteiger partial charge in [-0.2, -0.15) is 5.10 Å². The number of rotatable bonds is 6. The van der Waals surface area contributed by atoms with E-state index in [1.165, 1.54) is 24.3 Å². The highest BCUT2D eigenvalue weighted by Crippen LogP contribution is 2.55. The Bertz CT molecular complexity index is 1270. The first-order valence-corrected chi connectivity index (χ1v) is 13.1. The van der Waals surface area contributed by atoms with Crippen molar-refractivity contribution < 1.29 is 9.72 Å². The van der Waals surface area contributed by atoms with Crippen LogP contribution in [0.4, 0.5) is 11.4 Å². The fourth-order valence-corrected chi connectivity index (χ4v) is 6.06. The van der Waals surface area contributed by atoms with Gasteiger partial charge in [0.15, 0.2) is 0 Å². The number of anilines is 1. The number of nitro groups is 1. The average Bonchev–Trinajstić information content (AvgIpc) is 2.84. The van der Waals surface area contributed by atoms with Gasteiger partial charge in [-0.25, -0.2) is 5.01 Å². The summed E-state index contributed by atoms with van der Waals surface area (Å²) < 4.78 is 0. The lowest BCUT2D eigenvalue weighted by atomic mass is 10.1. The monoisotopic (exact) mass is 461 g/mol. The lowest BCUT2D eigenvalue weighted by Gasteiger charge is -2.32. The van der Waals surface area contributed by atoms with E-state index in [9.17, 15) is 14.9 Å². The van der Waals surface area contributed by atoms with Gasteiger partial charge in [0.1, 0.15) is 5.45 Å². The Morgan fingerprint density at radius 1 is 1.00 bits per heavy atom. The maximum Gasteiger partial charge on any atom is 0.269 e. The Kier molecular flexibility index (Phi) is 6.12. The van der Waals surface area contributed by atoms with Gasteiger partial charge in [-0.05, 0) is 36.2 Å². The van der Waals surface area contributed by atoms with E-state index in [2.05, 4.69) is 0 Å². The van der Waals surface area contributed by atoms with E-state index in [0.717, 1.165) is 16.9 Å². The molecule has 1 heterocycles. The molecule has 3 aromatic rings. The number of hydrazone groups is 1. The van der Waals surface area contributed by atoms with Crippen molar-refractivity contribution in [1.29, 1.82) is 0 Å². The molecule has 0 saturated heterocycles. The van der Waals surface area contributed by atoms with Crippen LogP contribution in [-0.2, 0) is 11.8 Å². The predicted molar refractivity (Wildman–Crippen MR) is 133 cm³/mol. The van der Waals surface area contributed by atoms with E-state index in [1.807, 2.05) is 73.4 Å². The minimum atomic E-state index is -2.44. The second-order valence-electron chi connectivity index (χ2n) is 7.20. The van der Waals surface area contributed by atoms with Gasteiger partial charge in [-0.1, -0.05) is 67.3 Å². The summed E-state index contributed by atoms with van der Waals surface area (Å²) in [6.45, 7) is 1.97. The molecule has 0 N–H and O–H groups in total. The third-order valence-corrected chi connectivity index (χ3v) is 9.42. The van der Waals surface area contributed by atoms with Crippen LogP contribution < -0.4 is 5.01 Å². The zero-order chi connectivity index (χ0) is 22.7. The van der Waals surface area contributed by atoms with Crippen molar-refractivity contribution in [1.82, 2.24) is 0 Å². The first kappa shape index (κ1) is 21.8. The minimum absolute atomic E-state index is 0.0702. The summed E-state index contributed by atoms with van der Waals surface area (Å²) in [5, 5.41) is 17.5. The summed E-state index contributed by atoms with van der Waals surface area (Å²) in [4.78, 5) is 24.0. The van der Waals surface area contributed by atoms with Crippen molar-refractivity contribution in [3.63, 3.8) is 0 Å². The average molecular weight is 461 g/mol. The van der Waals surface area contributed by atoms with Crippen molar-refractivity contribution in [2.45, 2.75) is 6.92 Å². The molecular weight excluding hydrogens is 441 g/mol. The van der Waals surface area contributed by atoms with Crippen LogP contribution in [0.5, 0.6) is 0 Å². The zero-order valence-electron chi connectivity index (χ0n) is 17.3. The van der Waals surface area contributed by atoms with E-state index in [4.69, 9.17) is 16.9 Å². The topological polar surface area (TPSA) is 75.8 Å². The maximum atomic E-state index is 13.5. The number of para-hydroxylation sites is 1. The van der Waals surface area contributed by atoms with Crippen LogP contribution in [-0.4, -0.2) is 22.3 Å². The van der Waals surface area contributed by atoms with Gasteiger partial charge in [-0.15, -0.1) is 0 Å². The second-order valence-corrected chi connectivity index (χ2v) is 12.1. The maximum absolute atomic E-state index is 13.5. The molecule has 0 fully saturated rings. The molecule has 1 atom stereocenters. The Morgan fingerprint density at radius 2 is 1.59 bits per heavy atom. The SMILES string of the molecule is CCP1(=S)C=C(c2ccccc2)N(c2ccccc2)N=C1C(=O)c1ccc([N+](=O)[O-])cc1. The predicted octanol–water partition coefficient (Wildman–Crippen LogP) is 6.11. The van der Waals surface area contributed by atoms with Crippen LogP contribution in [0.15, 0.2) is 95.8 Å². The van der Waals surface area contributed by atoms with E-state index < -0.39 is 11.0 Å². The molecule has 1 aliphatic rings. The standard InChI is InChI=1S/C24H20N3O3PS/c1-2-31(32)17-22(18-9-5-3-6-10-18)26(20-11-7-4-8-12-20)25-24(31)23(28)19-13-15-21(16-14-19)27(29)30/h3-17H,2H2,1H3. The number of nitrogens with zero attached hydrogens (tertiary/aromatic N) is 3. The molecule has 32 heavy (non-hydrogen) atoms. The first-order chi connectivity index (χ1) is 15.4. The summed E-state index contributed by atoms with van der Waals surface area (Å²) in [5.74, 6) is 1.73. The van der Waals surface area contributed by atoms with E-state index in [-0.39, 0.29) is 11.5 Å². The van der Waals surface area contributed by atoms with Crippen LogP contribution >= 0.6 is 6.04 Å². The Labute approximate surface area is 191 Å². The van der Waals surface area contributed by atoms with Crippen LogP contribution in [0.3, 0.4) is 0 Å². The number of non-ortho nitro benzene ring substituents is 1. The molecule has 160 valence electrons. The second kappa shape index (κ2) is 8.99. The number of nitro benzene ring substituents is 1. The molecule has 0 radical (unpaired) electrons. The highest BCUT2D eigenvalue weighted by molar-refractivity contribution is 8.25. The van der Waals surface area contributed by atoms with Gasteiger partial charge in [-0.3, -0.25) is 14.9 Å². The summed E-state index contributed by atoms with van der Waals surface area (Å²) in [5.41, 5.74) is 3.22. The van der Waals surface area contributed by atoms with Gasteiger partial charge < -0.3 is 0 Å². The molecule has 8 heteroatoms. The van der Waals surface area contributed by atoms with E-state index >= 15 is 0 Å². The number of carbonyl (C=O) groups excluding carboxylic acids is 1. The molecule has 0 spiro atoms. The Morgan fingerprint density at radius 3 is 2.16 bits per heavy atom. The van der Waals surface area contributed by atoms with E-state index in [0.29, 0.717) is 17.2 Å². The fraction of sp³-hybridized carbons (Fsp3) is 0.0833. The van der Waals surface area contributed by atoms with Crippen molar-refractivity contribution in [3.8, 4) is 0 Å². The largest absolute Gasteiger partial charge is 0.287 e. The molecule has 4 rings (SSSR count). The number of Topliss-reactive ketones (excluding diaryl/α,β-unsaturated/α-hetero) is 1. The van der Waals surface area contributed by atoms with Crippen molar-refractivity contribution in [2.24, 2.45) is 5.10 Å². The summed E-state index contributed by atoms with van der Waals surface area (Å²) in [6, 6.07) is 22.6.